The van der Waals surface area contributed by atoms with E-state index < -0.39 is 0 Å². The highest BCUT2D eigenvalue weighted by Crippen LogP contribution is 2.22. The molecule has 1 heterocycles. The summed E-state index contributed by atoms with van der Waals surface area (Å²) in [4.78, 5) is 0. The Morgan fingerprint density at radius 2 is 2.10 bits per heavy atom. The van der Waals surface area contributed by atoms with E-state index in [0.717, 1.165) is 24.2 Å². The molecule has 0 saturated heterocycles. The van der Waals surface area contributed by atoms with E-state index in [9.17, 15) is 0 Å². The number of hydrogen-bond donors (Lipinski definition) is 1. The quantitative estimate of drug-likeness (QED) is 0.799. The fraction of sp³-hybridized carbons (Fsp3) is 0.357. The zero-order chi connectivity index (χ0) is 14.4. The fourth-order valence-corrected chi connectivity index (χ4v) is 2.14. The van der Waals surface area contributed by atoms with Gasteiger partial charge in [-0.1, -0.05) is 29.3 Å². The molecule has 0 bridgehead atoms. The molecule has 0 aliphatic heterocycles. The van der Waals surface area contributed by atoms with E-state index in [1.54, 1.807) is 13.2 Å². The lowest BCUT2D eigenvalue weighted by Gasteiger charge is -2.04. The molecule has 4 nitrogen and oxygen atoms in total. The molecule has 2 rings (SSSR count). The van der Waals surface area contributed by atoms with E-state index in [2.05, 4.69) is 10.4 Å². The molecule has 1 aromatic carbocycles. The number of hydrogen-bond acceptors (Lipinski definition) is 3. The van der Waals surface area contributed by atoms with Gasteiger partial charge in [-0.2, -0.15) is 5.10 Å². The van der Waals surface area contributed by atoms with Crippen LogP contribution in [0.3, 0.4) is 0 Å². The molecule has 2 aromatic rings. The first-order valence-corrected chi connectivity index (χ1v) is 7.09. The van der Waals surface area contributed by atoms with Crippen LogP contribution >= 0.6 is 23.2 Å². The molecule has 0 atom stereocenters. The monoisotopic (exact) mass is 313 g/mol. The van der Waals surface area contributed by atoms with E-state index in [1.807, 2.05) is 29.2 Å². The van der Waals surface area contributed by atoms with Gasteiger partial charge < -0.3 is 10.1 Å². The van der Waals surface area contributed by atoms with Gasteiger partial charge in [0.05, 0.1) is 29.4 Å². The molecular weight excluding hydrogens is 297 g/mol. The Morgan fingerprint density at radius 1 is 1.25 bits per heavy atom. The highest BCUT2D eigenvalue weighted by molar-refractivity contribution is 6.42. The molecule has 0 fully saturated rings. The van der Waals surface area contributed by atoms with Crippen molar-refractivity contribution in [2.24, 2.45) is 0 Å². The summed E-state index contributed by atoms with van der Waals surface area (Å²) in [6.07, 6.45) is 3.87. The Balaban J connectivity index is 1.90. The Labute approximate surface area is 128 Å². The van der Waals surface area contributed by atoms with Crippen LogP contribution in [0.25, 0.3) is 0 Å². The maximum Gasteiger partial charge on any atom is 0.0660 e. The minimum Gasteiger partial charge on any atom is -0.383 e. The number of methoxy groups -OCH3 is 1. The molecule has 0 aliphatic carbocycles. The molecule has 108 valence electrons. The van der Waals surface area contributed by atoms with Crippen molar-refractivity contribution >= 4 is 23.2 Å². The maximum atomic E-state index is 6.00. The molecule has 0 aliphatic rings. The summed E-state index contributed by atoms with van der Waals surface area (Å²) in [7, 11) is 1.69. The molecule has 0 spiro atoms. The smallest absolute Gasteiger partial charge is 0.0660 e. The molecule has 1 aromatic heterocycles. The number of halogens is 2. The number of nitrogens with one attached hydrogen (secondary N) is 1. The summed E-state index contributed by atoms with van der Waals surface area (Å²) in [6, 6.07) is 5.62. The first-order valence-electron chi connectivity index (χ1n) is 6.34. The van der Waals surface area contributed by atoms with E-state index in [-0.39, 0.29) is 0 Å². The minimum absolute atomic E-state index is 0.567. The van der Waals surface area contributed by atoms with Crippen LogP contribution in [-0.2, 0) is 17.8 Å². The lowest BCUT2D eigenvalue weighted by Crippen LogP contribution is -2.18. The summed E-state index contributed by atoms with van der Waals surface area (Å²) in [5.41, 5.74) is 2.21. The Bertz CT molecular complexity index is 557. The van der Waals surface area contributed by atoms with Gasteiger partial charge in [-0.3, -0.25) is 4.68 Å². The third-order valence-electron chi connectivity index (χ3n) is 2.83. The van der Waals surface area contributed by atoms with Gasteiger partial charge in [0.25, 0.3) is 0 Å². The molecule has 6 heteroatoms. The molecule has 0 radical (unpaired) electrons. The van der Waals surface area contributed by atoms with Crippen molar-refractivity contribution in [3.8, 4) is 0 Å². The lowest BCUT2D eigenvalue weighted by molar-refractivity contribution is 0.199. The number of nitrogens with zero attached hydrogens (tertiary/aromatic N) is 2. The number of aromatic nitrogens is 2. The first-order chi connectivity index (χ1) is 9.69. The normalized spacial score (nSPS) is 10.9. The summed E-state index contributed by atoms with van der Waals surface area (Å²) in [5.74, 6) is 0. The first kappa shape index (κ1) is 15.3. The van der Waals surface area contributed by atoms with Gasteiger partial charge in [-0.05, 0) is 17.7 Å². The maximum absolute atomic E-state index is 6.00. The molecular formula is C14H17Cl2N3O. The van der Waals surface area contributed by atoms with Crippen LogP contribution in [0.4, 0.5) is 0 Å². The van der Waals surface area contributed by atoms with E-state index >= 15 is 0 Å². The number of benzene rings is 1. The fourth-order valence-electron chi connectivity index (χ4n) is 1.82. The predicted molar refractivity (Wildman–Crippen MR) is 81.4 cm³/mol. The Kier molecular flexibility index (Phi) is 5.86. The number of rotatable bonds is 7. The third-order valence-corrected chi connectivity index (χ3v) is 3.57. The molecule has 20 heavy (non-hydrogen) atoms. The van der Waals surface area contributed by atoms with Gasteiger partial charge in [0.15, 0.2) is 0 Å². The molecule has 0 amide bonds. The lowest BCUT2D eigenvalue weighted by atomic mass is 10.2. The zero-order valence-electron chi connectivity index (χ0n) is 11.3. The molecule has 1 N–H and O–H groups in total. The highest BCUT2D eigenvalue weighted by Gasteiger charge is 2.02. The average Bonchev–Trinajstić information content (AvgIpc) is 2.87. The predicted octanol–water partition coefficient (Wildman–Crippen LogP) is 2.97. The van der Waals surface area contributed by atoms with Gasteiger partial charge in [0, 0.05) is 32.0 Å². The van der Waals surface area contributed by atoms with Crippen LogP contribution in [-0.4, -0.2) is 30.0 Å². The summed E-state index contributed by atoms with van der Waals surface area (Å²) in [6.45, 7) is 2.99. The van der Waals surface area contributed by atoms with Crippen molar-refractivity contribution in [2.75, 3.05) is 20.3 Å². The van der Waals surface area contributed by atoms with Gasteiger partial charge in [0.2, 0.25) is 0 Å². The molecule has 0 unspecified atom stereocenters. The van der Waals surface area contributed by atoms with Gasteiger partial charge in [0.1, 0.15) is 0 Å². The van der Waals surface area contributed by atoms with Crippen molar-refractivity contribution in [3.05, 3.63) is 51.8 Å². The van der Waals surface area contributed by atoms with E-state index in [1.165, 1.54) is 0 Å². The van der Waals surface area contributed by atoms with Crippen molar-refractivity contribution in [1.29, 1.82) is 0 Å². The van der Waals surface area contributed by atoms with Crippen LogP contribution in [0.2, 0.25) is 10.0 Å². The minimum atomic E-state index is 0.567. The van der Waals surface area contributed by atoms with Gasteiger partial charge >= 0.3 is 0 Å². The highest BCUT2D eigenvalue weighted by atomic mass is 35.5. The van der Waals surface area contributed by atoms with Crippen LogP contribution < -0.4 is 5.32 Å². The van der Waals surface area contributed by atoms with Crippen molar-refractivity contribution in [1.82, 2.24) is 15.1 Å². The van der Waals surface area contributed by atoms with Crippen molar-refractivity contribution in [2.45, 2.75) is 13.1 Å². The van der Waals surface area contributed by atoms with Crippen molar-refractivity contribution in [3.63, 3.8) is 0 Å². The molecule has 0 saturated carbocycles. The largest absolute Gasteiger partial charge is 0.383 e. The van der Waals surface area contributed by atoms with E-state index in [0.29, 0.717) is 23.2 Å². The van der Waals surface area contributed by atoms with Crippen LogP contribution in [0.1, 0.15) is 11.1 Å². The summed E-state index contributed by atoms with van der Waals surface area (Å²) < 4.78 is 6.86. The van der Waals surface area contributed by atoms with Crippen LogP contribution in [0.15, 0.2) is 30.6 Å². The topological polar surface area (TPSA) is 39.1 Å². The van der Waals surface area contributed by atoms with E-state index in [4.69, 9.17) is 27.9 Å². The van der Waals surface area contributed by atoms with Gasteiger partial charge in [-0.15, -0.1) is 0 Å². The summed E-state index contributed by atoms with van der Waals surface area (Å²) in [5, 5.41) is 8.75. The van der Waals surface area contributed by atoms with Crippen LogP contribution in [0, 0.1) is 0 Å². The third kappa shape index (κ3) is 4.49. The Hall–Kier alpha value is -1.07. The van der Waals surface area contributed by atoms with Crippen LogP contribution in [0.5, 0.6) is 0 Å². The second-order valence-corrected chi connectivity index (χ2v) is 5.28. The SMILES string of the molecule is COCCNCc1cnn(Cc2ccc(Cl)c(Cl)c2)c1. The standard InChI is InChI=1S/C14H17Cl2N3O/c1-20-5-4-17-7-12-8-18-19(10-12)9-11-2-3-13(15)14(16)6-11/h2-3,6,8,10,17H,4-5,7,9H2,1H3. The second kappa shape index (κ2) is 7.64. The van der Waals surface area contributed by atoms with Crippen molar-refractivity contribution < 1.29 is 4.74 Å². The average molecular weight is 314 g/mol. The Morgan fingerprint density at radius 3 is 2.85 bits per heavy atom. The zero-order valence-corrected chi connectivity index (χ0v) is 12.8. The number of ether oxygens (including phenoxy) is 1. The second-order valence-electron chi connectivity index (χ2n) is 4.46. The van der Waals surface area contributed by atoms with Gasteiger partial charge in [-0.25, -0.2) is 0 Å². The summed E-state index contributed by atoms with van der Waals surface area (Å²) >= 11 is 11.9.